The van der Waals surface area contributed by atoms with Crippen molar-refractivity contribution in [3.63, 3.8) is 0 Å². The van der Waals surface area contributed by atoms with Crippen molar-refractivity contribution < 1.29 is 13.9 Å². The molecule has 0 aromatic heterocycles. The van der Waals surface area contributed by atoms with Crippen LogP contribution in [0.2, 0.25) is 0 Å². The molecular weight excluding hydrogens is 271 g/mol. The first kappa shape index (κ1) is 17.6. The van der Waals surface area contributed by atoms with Crippen molar-refractivity contribution in [2.24, 2.45) is 0 Å². The Morgan fingerprint density at radius 1 is 1.38 bits per heavy atom. The monoisotopic (exact) mass is 296 g/mol. The molecule has 2 unspecified atom stereocenters. The van der Waals surface area contributed by atoms with Crippen molar-refractivity contribution >= 4 is 5.91 Å². The van der Waals surface area contributed by atoms with Gasteiger partial charge in [0.1, 0.15) is 5.82 Å². The van der Waals surface area contributed by atoms with Crippen LogP contribution in [0.25, 0.3) is 0 Å². The predicted molar refractivity (Wildman–Crippen MR) is 81.7 cm³/mol. The highest BCUT2D eigenvalue weighted by Gasteiger charge is 2.16. The zero-order valence-electron chi connectivity index (χ0n) is 13.2. The van der Waals surface area contributed by atoms with Gasteiger partial charge in [0.2, 0.25) is 5.91 Å². The Balaban J connectivity index is 2.47. The van der Waals surface area contributed by atoms with Crippen LogP contribution in [0.1, 0.15) is 37.4 Å². The minimum Gasteiger partial charge on any atom is -0.385 e. The summed E-state index contributed by atoms with van der Waals surface area (Å²) in [4.78, 5) is 11.9. The molecule has 2 N–H and O–H groups in total. The van der Waals surface area contributed by atoms with Crippen molar-refractivity contribution in [2.45, 2.75) is 39.3 Å². The number of amides is 1. The van der Waals surface area contributed by atoms with E-state index in [0.717, 1.165) is 12.0 Å². The lowest BCUT2D eigenvalue weighted by Crippen LogP contribution is -2.43. The number of hydrogen-bond donors (Lipinski definition) is 2. The van der Waals surface area contributed by atoms with Crippen LogP contribution >= 0.6 is 0 Å². The molecule has 0 saturated carbocycles. The summed E-state index contributed by atoms with van der Waals surface area (Å²) in [5, 5.41) is 6.01. The fourth-order valence-corrected chi connectivity index (χ4v) is 2.01. The van der Waals surface area contributed by atoms with Crippen molar-refractivity contribution in [3.05, 3.63) is 35.1 Å². The standard InChI is InChI=1S/C16H25FN2O2/c1-11-6-7-14(10-15(11)17)12(2)19-13(3)16(20)18-8-5-9-21-4/h6-7,10,12-13,19H,5,8-9H2,1-4H3,(H,18,20). The van der Waals surface area contributed by atoms with Gasteiger partial charge in [0, 0.05) is 26.3 Å². The van der Waals surface area contributed by atoms with E-state index < -0.39 is 0 Å². The third-order valence-corrected chi connectivity index (χ3v) is 3.41. The molecule has 4 nitrogen and oxygen atoms in total. The molecule has 0 spiro atoms. The fraction of sp³-hybridized carbons (Fsp3) is 0.562. The number of rotatable bonds is 8. The molecule has 0 fully saturated rings. The second-order valence-corrected chi connectivity index (χ2v) is 5.26. The highest BCUT2D eigenvalue weighted by Crippen LogP contribution is 2.16. The summed E-state index contributed by atoms with van der Waals surface area (Å²) >= 11 is 0. The van der Waals surface area contributed by atoms with E-state index in [1.807, 2.05) is 13.0 Å². The van der Waals surface area contributed by atoms with Crippen LogP contribution in [-0.2, 0) is 9.53 Å². The number of carbonyl (C=O) groups excluding carboxylic acids is 1. The van der Waals surface area contributed by atoms with Crippen LogP contribution in [0.4, 0.5) is 4.39 Å². The van der Waals surface area contributed by atoms with Gasteiger partial charge in [-0.05, 0) is 44.4 Å². The number of benzene rings is 1. The number of carbonyl (C=O) groups is 1. The minimum absolute atomic E-state index is 0.0643. The Morgan fingerprint density at radius 3 is 2.71 bits per heavy atom. The molecular formula is C16H25FN2O2. The van der Waals surface area contributed by atoms with E-state index in [1.165, 1.54) is 6.07 Å². The lowest BCUT2D eigenvalue weighted by molar-refractivity contribution is -0.122. The molecule has 1 amide bonds. The fourth-order valence-electron chi connectivity index (χ4n) is 2.01. The summed E-state index contributed by atoms with van der Waals surface area (Å²) in [6.45, 7) is 6.66. The van der Waals surface area contributed by atoms with Gasteiger partial charge in [-0.15, -0.1) is 0 Å². The second kappa shape index (κ2) is 8.74. The molecule has 0 radical (unpaired) electrons. The SMILES string of the molecule is COCCCNC(=O)C(C)NC(C)c1ccc(C)c(F)c1. The van der Waals surface area contributed by atoms with Gasteiger partial charge in [-0.3, -0.25) is 10.1 Å². The number of methoxy groups -OCH3 is 1. The molecule has 0 aliphatic heterocycles. The van der Waals surface area contributed by atoms with E-state index >= 15 is 0 Å². The largest absolute Gasteiger partial charge is 0.385 e. The van der Waals surface area contributed by atoms with Crippen LogP contribution in [0, 0.1) is 12.7 Å². The highest BCUT2D eigenvalue weighted by molar-refractivity contribution is 5.81. The Kier molecular flexibility index (Phi) is 7.32. The summed E-state index contributed by atoms with van der Waals surface area (Å²) in [5.41, 5.74) is 1.45. The average Bonchev–Trinajstić information content (AvgIpc) is 2.46. The van der Waals surface area contributed by atoms with Gasteiger partial charge < -0.3 is 10.1 Å². The van der Waals surface area contributed by atoms with Crippen molar-refractivity contribution in [1.29, 1.82) is 0 Å². The molecule has 0 aliphatic carbocycles. The van der Waals surface area contributed by atoms with E-state index in [2.05, 4.69) is 10.6 Å². The molecule has 2 atom stereocenters. The summed E-state index contributed by atoms with van der Waals surface area (Å²) < 4.78 is 18.5. The molecule has 118 valence electrons. The van der Waals surface area contributed by atoms with Gasteiger partial charge in [-0.2, -0.15) is 0 Å². The molecule has 0 aliphatic rings. The van der Waals surface area contributed by atoms with E-state index in [4.69, 9.17) is 4.74 Å². The van der Waals surface area contributed by atoms with Crippen molar-refractivity contribution in [1.82, 2.24) is 10.6 Å². The summed E-state index contributed by atoms with van der Waals surface area (Å²) in [5.74, 6) is -0.289. The van der Waals surface area contributed by atoms with Gasteiger partial charge in [0.05, 0.1) is 6.04 Å². The normalized spacial score (nSPS) is 13.8. The number of ether oxygens (including phenoxy) is 1. The Labute approximate surface area is 126 Å². The van der Waals surface area contributed by atoms with Crippen LogP contribution < -0.4 is 10.6 Å². The van der Waals surface area contributed by atoms with Crippen LogP contribution in [0.5, 0.6) is 0 Å². The summed E-state index contributed by atoms with van der Waals surface area (Å²) in [6, 6.07) is 4.69. The first-order valence-corrected chi connectivity index (χ1v) is 7.24. The van der Waals surface area contributed by atoms with Gasteiger partial charge in [0.25, 0.3) is 0 Å². The molecule has 1 rings (SSSR count). The quantitative estimate of drug-likeness (QED) is 0.724. The lowest BCUT2D eigenvalue weighted by Gasteiger charge is -2.20. The molecule has 21 heavy (non-hydrogen) atoms. The predicted octanol–water partition coefficient (Wildman–Crippen LogP) is 2.33. The molecule has 0 saturated heterocycles. The number of halogens is 1. The number of aryl methyl sites for hydroxylation is 1. The zero-order valence-corrected chi connectivity index (χ0v) is 13.2. The Bertz CT molecular complexity index is 466. The van der Waals surface area contributed by atoms with Gasteiger partial charge in [-0.1, -0.05) is 12.1 Å². The van der Waals surface area contributed by atoms with Gasteiger partial charge in [0.15, 0.2) is 0 Å². The first-order chi connectivity index (χ1) is 9.95. The molecule has 0 bridgehead atoms. The van der Waals surface area contributed by atoms with Crippen LogP contribution in [0.3, 0.4) is 0 Å². The van der Waals surface area contributed by atoms with Gasteiger partial charge in [-0.25, -0.2) is 4.39 Å². The van der Waals surface area contributed by atoms with Crippen LogP contribution in [-0.4, -0.2) is 32.2 Å². The Morgan fingerprint density at radius 2 is 2.10 bits per heavy atom. The highest BCUT2D eigenvalue weighted by atomic mass is 19.1. The maximum Gasteiger partial charge on any atom is 0.236 e. The number of hydrogen-bond acceptors (Lipinski definition) is 3. The van der Waals surface area contributed by atoms with E-state index in [9.17, 15) is 9.18 Å². The Hall–Kier alpha value is -1.46. The third kappa shape index (κ3) is 5.81. The summed E-state index contributed by atoms with van der Waals surface area (Å²) in [6.07, 6.45) is 0.785. The van der Waals surface area contributed by atoms with Gasteiger partial charge >= 0.3 is 0 Å². The van der Waals surface area contributed by atoms with Crippen molar-refractivity contribution in [2.75, 3.05) is 20.3 Å². The minimum atomic E-state index is -0.341. The molecule has 5 heteroatoms. The summed E-state index contributed by atoms with van der Waals surface area (Å²) in [7, 11) is 1.63. The van der Waals surface area contributed by atoms with Crippen LogP contribution in [0.15, 0.2) is 18.2 Å². The number of nitrogens with one attached hydrogen (secondary N) is 2. The smallest absolute Gasteiger partial charge is 0.236 e. The van der Waals surface area contributed by atoms with Crippen molar-refractivity contribution in [3.8, 4) is 0 Å². The maximum atomic E-state index is 13.6. The molecule has 1 aromatic rings. The first-order valence-electron chi connectivity index (χ1n) is 7.24. The third-order valence-electron chi connectivity index (χ3n) is 3.41. The molecule has 1 aromatic carbocycles. The average molecular weight is 296 g/mol. The maximum absolute atomic E-state index is 13.6. The molecule has 0 heterocycles. The van der Waals surface area contributed by atoms with E-state index in [-0.39, 0.29) is 23.8 Å². The topological polar surface area (TPSA) is 50.4 Å². The lowest BCUT2D eigenvalue weighted by atomic mass is 10.1. The zero-order chi connectivity index (χ0) is 15.8. The van der Waals surface area contributed by atoms with E-state index in [1.54, 1.807) is 27.0 Å². The van der Waals surface area contributed by atoms with E-state index in [0.29, 0.717) is 18.7 Å². The second-order valence-electron chi connectivity index (χ2n) is 5.26.